The Bertz CT molecular complexity index is 1090. The van der Waals surface area contributed by atoms with Gasteiger partial charge >= 0.3 is 0 Å². The Morgan fingerprint density at radius 3 is 2.38 bits per heavy atom. The van der Waals surface area contributed by atoms with Crippen LogP contribution in [0.2, 0.25) is 0 Å². The summed E-state index contributed by atoms with van der Waals surface area (Å²) in [5.74, 6) is -0.622. The maximum absolute atomic E-state index is 12.2. The molecule has 2 N–H and O–H groups in total. The summed E-state index contributed by atoms with van der Waals surface area (Å²) >= 11 is 1.17. The average Bonchev–Trinajstić information content (AvgIpc) is 3.13. The van der Waals surface area contributed by atoms with E-state index >= 15 is 0 Å². The zero-order chi connectivity index (χ0) is 20.1. The van der Waals surface area contributed by atoms with Gasteiger partial charge < -0.3 is 0 Å². The lowest BCUT2D eigenvalue weighted by Crippen LogP contribution is -2.25. The predicted molar refractivity (Wildman–Crippen MR) is 115 cm³/mol. The predicted octanol–water partition coefficient (Wildman–Crippen LogP) is 3.65. The average molecular weight is 400 g/mol. The molecule has 2 amide bonds. The lowest BCUT2D eigenvalue weighted by atomic mass is 10.0. The van der Waals surface area contributed by atoms with Gasteiger partial charge in [0.2, 0.25) is 0 Å². The molecule has 142 valence electrons. The summed E-state index contributed by atoms with van der Waals surface area (Å²) in [4.78, 5) is 28.6. The molecule has 6 nitrogen and oxygen atoms in total. The molecule has 0 atom stereocenters. The van der Waals surface area contributed by atoms with Crippen LogP contribution in [-0.2, 0) is 4.79 Å². The third kappa shape index (κ3) is 4.59. The first-order chi connectivity index (χ1) is 14.2. The molecule has 1 aliphatic heterocycles. The first-order valence-electron chi connectivity index (χ1n) is 8.83. The molecule has 7 heteroatoms. The van der Waals surface area contributed by atoms with Crippen LogP contribution in [0.1, 0.15) is 15.9 Å². The molecule has 29 heavy (non-hydrogen) atoms. The van der Waals surface area contributed by atoms with Crippen molar-refractivity contribution in [1.29, 1.82) is 0 Å². The maximum atomic E-state index is 12.2. The Balaban J connectivity index is 1.43. The number of carbonyl (C=O) groups is 2. The van der Waals surface area contributed by atoms with E-state index in [9.17, 15) is 9.59 Å². The number of amidine groups is 1. The fourth-order valence-electron chi connectivity index (χ4n) is 2.70. The topological polar surface area (TPSA) is 83.5 Å². The van der Waals surface area contributed by atoms with Gasteiger partial charge in [0.15, 0.2) is 5.17 Å². The van der Waals surface area contributed by atoms with Crippen LogP contribution >= 0.6 is 11.8 Å². The number of hydrazone groups is 1. The van der Waals surface area contributed by atoms with Crippen molar-refractivity contribution in [2.75, 3.05) is 0 Å². The fourth-order valence-corrected chi connectivity index (χ4v) is 3.49. The maximum Gasteiger partial charge on any atom is 0.271 e. The van der Waals surface area contributed by atoms with Gasteiger partial charge in [-0.05, 0) is 46.7 Å². The highest BCUT2D eigenvalue weighted by Gasteiger charge is 2.24. The zero-order valence-corrected chi connectivity index (χ0v) is 16.0. The number of amides is 2. The largest absolute Gasteiger partial charge is 0.299 e. The molecule has 4 rings (SSSR count). The first kappa shape index (κ1) is 18.6. The summed E-state index contributed by atoms with van der Waals surface area (Å²) in [7, 11) is 0. The molecule has 1 aromatic heterocycles. The van der Waals surface area contributed by atoms with E-state index in [0.29, 0.717) is 15.6 Å². The quantitative estimate of drug-likeness (QED) is 0.517. The third-order valence-electron chi connectivity index (χ3n) is 4.17. The number of rotatable bonds is 4. The van der Waals surface area contributed by atoms with Crippen LogP contribution in [0.5, 0.6) is 0 Å². The van der Waals surface area contributed by atoms with Gasteiger partial charge in [-0.2, -0.15) is 0 Å². The highest BCUT2D eigenvalue weighted by atomic mass is 32.2. The molecular formula is C22H16N4O2S. The first-order valence-corrected chi connectivity index (χ1v) is 9.65. The fraction of sp³-hybridized carbons (Fsp3) is 0. The van der Waals surface area contributed by atoms with E-state index in [0.717, 1.165) is 16.7 Å². The molecule has 2 heterocycles. The zero-order valence-electron chi connectivity index (χ0n) is 15.2. The number of aromatic nitrogens is 1. The van der Waals surface area contributed by atoms with Crippen LogP contribution in [-0.4, -0.2) is 22.0 Å². The third-order valence-corrected chi connectivity index (χ3v) is 5.08. The second-order valence-electron chi connectivity index (χ2n) is 6.15. The minimum Gasteiger partial charge on any atom is -0.299 e. The number of nitrogens with zero attached hydrogens (tertiary/aromatic N) is 2. The highest BCUT2D eigenvalue weighted by molar-refractivity contribution is 8.18. The van der Waals surface area contributed by atoms with Crippen molar-refractivity contribution in [2.45, 2.75) is 0 Å². The van der Waals surface area contributed by atoms with Crippen molar-refractivity contribution in [3.8, 4) is 11.1 Å². The Morgan fingerprint density at radius 2 is 1.66 bits per heavy atom. The van der Waals surface area contributed by atoms with Gasteiger partial charge in [-0.15, -0.1) is 5.10 Å². The molecule has 0 aliphatic carbocycles. The van der Waals surface area contributed by atoms with E-state index in [1.165, 1.54) is 24.2 Å². The Morgan fingerprint density at radius 1 is 0.966 bits per heavy atom. The van der Waals surface area contributed by atoms with Crippen LogP contribution in [0.25, 0.3) is 17.2 Å². The molecule has 0 unspecified atom stereocenters. The van der Waals surface area contributed by atoms with E-state index < -0.39 is 0 Å². The van der Waals surface area contributed by atoms with Crippen LogP contribution < -0.4 is 10.7 Å². The van der Waals surface area contributed by atoms with Gasteiger partial charge in [0.25, 0.3) is 11.8 Å². The van der Waals surface area contributed by atoms with Gasteiger partial charge in [-0.25, -0.2) is 5.43 Å². The van der Waals surface area contributed by atoms with Crippen molar-refractivity contribution in [1.82, 2.24) is 15.7 Å². The molecule has 1 aliphatic rings. The normalized spacial score (nSPS) is 16.1. The summed E-state index contributed by atoms with van der Waals surface area (Å²) in [5, 5.41) is 6.95. The second-order valence-corrected chi connectivity index (χ2v) is 7.18. The van der Waals surface area contributed by atoms with Crippen molar-refractivity contribution < 1.29 is 9.59 Å². The van der Waals surface area contributed by atoms with Crippen molar-refractivity contribution in [3.05, 3.63) is 95.2 Å². The van der Waals surface area contributed by atoms with E-state index in [4.69, 9.17) is 0 Å². The Kier molecular flexibility index (Phi) is 5.49. The minimum absolute atomic E-state index is 0.251. The van der Waals surface area contributed by atoms with Crippen molar-refractivity contribution in [2.24, 2.45) is 5.10 Å². The minimum atomic E-state index is -0.372. The van der Waals surface area contributed by atoms with Crippen LogP contribution in [0, 0.1) is 0 Å². The van der Waals surface area contributed by atoms with Gasteiger partial charge in [0, 0.05) is 18.0 Å². The number of hydrogen-bond donors (Lipinski definition) is 2. The summed E-state index contributed by atoms with van der Waals surface area (Å²) in [6.45, 7) is 0. The smallest absolute Gasteiger partial charge is 0.271 e. The number of carbonyl (C=O) groups excluding carboxylic acids is 2. The van der Waals surface area contributed by atoms with E-state index in [1.54, 1.807) is 18.2 Å². The molecule has 0 spiro atoms. The number of pyridine rings is 1. The van der Waals surface area contributed by atoms with Gasteiger partial charge in [0.05, 0.1) is 4.91 Å². The summed E-state index contributed by atoms with van der Waals surface area (Å²) in [6.07, 6.45) is 4.85. The van der Waals surface area contributed by atoms with E-state index in [1.807, 2.05) is 42.5 Å². The standard InChI is InChI=1S/C22H16N4O2S/c27-20(18-10-12-23-13-11-18)25-26-22-24-21(28)19(29-22)14-15-6-8-17(9-7-15)16-4-2-1-3-5-16/h1-14H,(H,25,27)(H,24,26,28). The Labute approximate surface area is 171 Å². The number of nitrogens with one attached hydrogen (secondary N) is 2. The number of thioether (sulfide) groups is 1. The van der Waals surface area contributed by atoms with Gasteiger partial charge in [-0.1, -0.05) is 54.6 Å². The highest BCUT2D eigenvalue weighted by Crippen LogP contribution is 2.27. The van der Waals surface area contributed by atoms with Gasteiger partial charge in [-0.3, -0.25) is 19.9 Å². The lowest BCUT2D eigenvalue weighted by Gasteiger charge is -2.02. The summed E-state index contributed by atoms with van der Waals surface area (Å²) in [6, 6.07) is 21.2. The molecule has 3 aromatic rings. The summed E-state index contributed by atoms with van der Waals surface area (Å²) in [5.41, 5.74) is 6.02. The molecule has 0 radical (unpaired) electrons. The van der Waals surface area contributed by atoms with Crippen LogP contribution in [0.4, 0.5) is 0 Å². The van der Waals surface area contributed by atoms with Crippen molar-refractivity contribution >= 4 is 34.8 Å². The lowest BCUT2D eigenvalue weighted by molar-refractivity contribution is -0.115. The molecule has 1 saturated heterocycles. The number of hydrogen-bond acceptors (Lipinski definition) is 5. The van der Waals surface area contributed by atoms with Gasteiger partial charge in [0.1, 0.15) is 0 Å². The molecule has 2 aromatic carbocycles. The molecule has 1 fully saturated rings. The second kappa shape index (κ2) is 8.53. The number of benzene rings is 2. The SMILES string of the molecule is O=C1NC(=NNC(=O)c2ccncc2)SC1=Cc1ccc(-c2ccccc2)cc1. The monoisotopic (exact) mass is 400 g/mol. The summed E-state index contributed by atoms with van der Waals surface area (Å²) < 4.78 is 0. The van der Waals surface area contributed by atoms with E-state index in [-0.39, 0.29) is 11.8 Å². The molecular weight excluding hydrogens is 384 g/mol. The van der Waals surface area contributed by atoms with E-state index in [2.05, 4.69) is 33.0 Å². The Hall–Kier alpha value is -3.71. The molecule has 0 saturated carbocycles. The van der Waals surface area contributed by atoms with Crippen LogP contribution in [0.3, 0.4) is 0 Å². The van der Waals surface area contributed by atoms with Crippen LogP contribution in [0.15, 0.2) is 89.1 Å². The molecule has 0 bridgehead atoms. The van der Waals surface area contributed by atoms with Crippen molar-refractivity contribution in [3.63, 3.8) is 0 Å².